The van der Waals surface area contributed by atoms with Crippen LogP contribution in [0.4, 0.5) is 17.1 Å². The molecule has 4 aromatic rings. The van der Waals surface area contributed by atoms with E-state index in [0.29, 0.717) is 34.7 Å². The maximum Gasteiger partial charge on any atom is 0.264 e. The molecule has 4 N–H and O–H groups in total. The van der Waals surface area contributed by atoms with Crippen LogP contribution < -0.4 is 25.9 Å². The second kappa shape index (κ2) is 15.4. The van der Waals surface area contributed by atoms with Crippen molar-refractivity contribution in [1.29, 1.82) is 0 Å². The first-order valence-corrected chi connectivity index (χ1v) is 21.0. The Morgan fingerprint density at radius 2 is 1.75 bits per heavy atom. The molecule has 0 bridgehead atoms. The standard InChI is InChI=1S/C42H48N4O6Si/c1-6-22-46-36-21-16-32(44-40(49)30-12-14-31(43)15-13-30)25-35(36)42(41(46)50)28(2)39(53(4,5)34-19-17-33(51-3)18-20-34)37(52-42)26-38(48)45(23-24-47)27-29-10-8-7-9-11-29/h6-21,25,28,37,39,47H,1,22-24,26-27,43H2,2-5H3,(H,44,49)/t28-,37+,39-,42+/m0/s1. The molecule has 4 aromatic carbocycles. The number of nitrogens with one attached hydrogen (secondary N) is 1. The van der Waals surface area contributed by atoms with Gasteiger partial charge in [0.15, 0.2) is 5.60 Å². The molecule has 1 spiro atoms. The van der Waals surface area contributed by atoms with Gasteiger partial charge < -0.3 is 35.4 Å². The number of aliphatic hydroxyl groups is 1. The molecule has 2 heterocycles. The summed E-state index contributed by atoms with van der Waals surface area (Å²) in [5, 5.41) is 14.1. The van der Waals surface area contributed by atoms with Crippen LogP contribution in [0, 0.1) is 5.92 Å². The molecule has 6 rings (SSSR count). The van der Waals surface area contributed by atoms with Crippen molar-refractivity contribution in [1.82, 2.24) is 4.90 Å². The van der Waals surface area contributed by atoms with Crippen molar-refractivity contribution >= 4 is 48.0 Å². The molecule has 1 fully saturated rings. The van der Waals surface area contributed by atoms with E-state index < -0.39 is 19.8 Å². The number of nitrogen functional groups attached to an aromatic ring is 1. The highest BCUT2D eigenvalue weighted by Gasteiger charge is 2.66. The minimum atomic E-state index is -2.55. The molecule has 276 valence electrons. The largest absolute Gasteiger partial charge is 0.497 e. The molecule has 0 aliphatic carbocycles. The van der Waals surface area contributed by atoms with E-state index in [-0.39, 0.29) is 55.3 Å². The third kappa shape index (κ3) is 7.12. The first-order valence-electron chi connectivity index (χ1n) is 17.9. The Hall–Kier alpha value is -5.23. The summed E-state index contributed by atoms with van der Waals surface area (Å²) in [7, 11) is -0.915. The zero-order valence-electron chi connectivity index (χ0n) is 30.7. The molecule has 0 aromatic heterocycles. The molecule has 2 aliphatic rings. The average Bonchev–Trinajstić information content (AvgIpc) is 3.58. The number of nitrogens with two attached hydrogens (primary N) is 1. The third-order valence-electron chi connectivity index (χ3n) is 10.9. The summed E-state index contributed by atoms with van der Waals surface area (Å²) in [5.41, 5.74) is 7.98. The van der Waals surface area contributed by atoms with Crippen LogP contribution in [0.25, 0.3) is 0 Å². The van der Waals surface area contributed by atoms with Gasteiger partial charge in [-0.15, -0.1) is 6.58 Å². The molecule has 53 heavy (non-hydrogen) atoms. The van der Waals surface area contributed by atoms with Crippen molar-refractivity contribution in [3.05, 3.63) is 126 Å². The molecule has 2 aliphatic heterocycles. The minimum absolute atomic E-state index is 0.0216. The number of anilines is 3. The number of ether oxygens (including phenoxy) is 2. The van der Waals surface area contributed by atoms with Gasteiger partial charge in [-0.05, 0) is 65.7 Å². The number of benzene rings is 4. The lowest BCUT2D eigenvalue weighted by Crippen LogP contribution is -2.52. The van der Waals surface area contributed by atoms with Gasteiger partial charge in [-0.25, -0.2) is 0 Å². The summed E-state index contributed by atoms with van der Waals surface area (Å²) < 4.78 is 12.6. The predicted octanol–water partition coefficient (Wildman–Crippen LogP) is 5.69. The summed E-state index contributed by atoms with van der Waals surface area (Å²) in [6, 6.07) is 29.8. The normalized spacial score (nSPS) is 20.7. The van der Waals surface area contributed by atoms with Crippen LogP contribution in [0.15, 0.2) is 110 Å². The Balaban J connectivity index is 1.43. The number of nitrogens with zero attached hydrogens (tertiary/aromatic N) is 2. The van der Waals surface area contributed by atoms with E-state index in [9.17, 15) is 19.5 Å². The third-order valence-corrected chi connectivity index (χ3v) is 15.3. The van der Waals surface area contributed by atoms with Gasteiger partial charge in [-0.3, -0.25) is 14.4 Å². The summed E-state index contributed by atoms with van der Waals surface area (Å²) in [5.74, 6) is -0.332. The number of amides is 3. The van der Waals surface area contributed by atoms with E-state index in [1.165, 1.54) is 0 Å². The number of carbonyl (C=O) groups excluding carboxylic acids is 3. The van der Waals surface area contributed by atoms with Gasteiger partial charge in [-0.2, -0.15) is 0 Å². The number of carbonyl (C=O) groups is 3. The highest BCUT2D eigenvalue weighted by molar-refractivity contribution is 6.91. The molecule has 4 atom stereocenters. The van der Waals surface area contributed by atoms with E-state index in [4.69, 9.17) is 15.2 Å². The SMILES string of the molecule is C=CCN1C(=O)[C@]2(O[C@H](CC(=O)N(CCO)Cc3ccccc3)[C@@H]([Si](C)(C)c3ccc(OC)cc3)[C@@H]2C)c2cc(NC(=O)c3ccc(N)cc3)ccc21. The van der Waals surface area contributed by atoms with Gasteiger partial charge in [-0.1, -0.05) is 73.7 Å². The van der Waals surface area contributed by atoms with E-state index >= 15 is 0 Å². The lowest BCUT2D eigenvalue weighted by Gasteiger charge is -2.37. The fourth-order valence-corrected chi connectivity index (χ4v) is 12.3. The Bertz CT molecular complexity index is 1970. The zero-order chi connectivity index (χ0) is 37.9. The first kappa shape index (κ1) is 37.5. The molecule has 0 unspecified atom stereocenters. The van der Waals surface area contributed by atoms with Gasteiger partial charge in [0.1, 0.15) is 5.75 Å². The van der Waals surface area contributed by atoms with Crippen LogP contribution in [0.3, 0.4) is 0 Å². The monoisotopic (exact) mass is 732 g/mol. The highest BCUT2D eigenvalue weighted by atomic mass is 28.3. The molecule has 11 heteroatoms. The Kier molecular flexibility index (Phi) is 10.9. The molecular formula is C42H48N4O6Si. The Labute approximate surface area is 312 Å². The molecule has 0 saturated carbocycles. The van der Waals surface area contributed by atoms with Crippen LogP contribution in [0.1, 0.15) is 34.8 Å². The fraction of sp³-hybridized carbons (Fsp3) is 0.310. The minimum Gasteiger partial charge on any atom is -0.497 e. The van der Waals surface area contributed by atoms with Crippen molar-refractivity contribution in [3.63, 3.8) is 0 Å². The van der Waals surface area contributed by atoms with Crippen molar-refractivity contribution in [2.75, 3.05) is 42.8 Å². The Morgan fingerprint density at radius 3 is 2.40 bits per heavy atom. The second-order valence-corrected chi connectivity index (χ2v) is 19.1. The van der Waals surface area contributed by atoms with Crippen LogP contribution in [-0.4, -0.2) is 68.7 Å². The molecular weight excluding hydrogens is 685 g/mol. The lowest BCUT2D eigenvalue weighted by molar-refractivity contribution is -0.149. The maximum atomic E-state index is 14.9. The number of methoxy groups -OCH3 is 1. The molecule has 10 nitrogen and oxygen atoms in total. The Morgan fingerprint density at radius 1 is 1.06 bits per heavy atom. The van der Waals surface area contributed by atoms with Gasteiger partial charge in [0.05, 0.1) is 40.0 Å². The predicted molar refractivity (Wildman–Crippen MR) is 211 cm³/mol. The zero-order valence-corrected chi connectivity index (χ0v) is 31.7. The van der Waals surface area contributed by atoms with Crippen molar-refractivity contribution < 1.29 is 29.0 Å². The van der Waals surface area contributed by atoms with E-state index in [0.717, 1.165) is 16.5 Å². The average molecular weight is 733 g/mol. The van der Waals surface area contributed by atoms with Crippen LogP contribution >= 0.6 is 0 Å². The highest BCUT2D eigenvalue weighted by Crippen LogP contribution is 2.60. The van der Waals surface area contributed by atoms with Crippen LogP contribution in [-0.2, 0) is 26.5 Å². The summed E-state index contributed by atoms with van der Waals surface area (Å²) >= 11 is 0. The van der Waals surface area contributed by atoms with E-state index in [2.05, 4.69) is 44.0 Å². The number of hydrogen-bond donors (Lipinski definition) is 3. The maximum absolute atomic E-state index is 14.9. The molecule has 3 amide bonds. The summed E-state index contributed by atoms with van der Waals surface area (Å²) in [6.07, 6.45) is 1.07. The molecule has 0 radical (unpaired) electrons. The van der Waals surface area contributed by atoms with Crippen molar-refractivity contribution in [2.45, 2.75) is 50.2 Å². The van der Waals surface area contributed by atoms with Crippen molar-refractivity contribution in [3.8, 4) is 5.75 Å². The summed E-state index contributed by atoms with van der Waals surface area (Å²) in [4.78, 5) is 45.8. The smallest absolute Gasteiger partial charge is 0.264 e. The van der Waals surface area contributed by atoms with E-state index in [1.54, 1.807) is 53.3 Å². The second-order valence-electron chi connectivity index (χ2n) is 14.4. The molecule has 1 saturated heterocycles. The topological polar surface area (TPSA) is 134 Å². The number of hydrogen-bond acceptors (Lipinski definition) is 7. The number of fused-ring (bicyclic) bond motifs is 2. The summed E-state index contributed by atoms with van der Waals surface area (Å²) in [6.45, 7) is 11.1. The van der Waals surface area contributed by atoms with Gasteiger partial charge in [0, 0.05) is 48.1 Å². The van der Waals surface area contributed by atoms with Gasteiger partial charge >= 0.3 is 0 Å². The first-order chi connectivity index (χ1) is 25.4. The van der Waals surface area contributed by atoms with Gasteiger partial charge in [0.25, 0.3) is 11.8 Å². The number of rotatable bonds is 13. The van der Waals surface area contributed by atoms with Gasteiger partial charge in [0.2, 0.25) is 5.91 Å². The quantitative estimate of drug-likeness (QED) is 0.0914. The number of aliphatic hydroxyl groups excluding tert-OH is 1. The fourth-order valence-electron chi connectivity index (χ4n) is 8.26. The van der Waals surface area contributed by atoms with E-state index in [1.807, 2.05) is 54.6 Å². The van der Waals surface area contributed by atoms with Crippen molar-refractivity contribution in [2.24, 2.45) is 5.92 Å². The lowest BCUT2D eigenvalue weighted by atomic mass is 9.82. The van der Waals surface area contributed by atoms with Crippen LogP contribution in [0.5, 0.6) is 5.75 Å². The van der Waals surface area contributed by atoms with Crippen LogP contribution in [0.2, 0.25) is 18.6 Å².